The number of hydrogen-bond acceptors (Lipinski definition) is 3. The van der Waals surface area contributed by atoms with Crippen molar-refractivity contribution in [2.45, 2.75) is 37.4 Å². The Morgan fingerprint density at radius 2 is 1.85 bits per heavy atom. The molecule has 1 rings (SSSR count). The van der Waals surface area contributed by atoms with E-state index in [0.29, 0.717) is 25.7 Å². The molecule has 1 aliphatic carbocycles. The smallest absolute Gasteiger partial charge is 0.411 e. The SMILES string of the molecule is O=C(NCCOCC(F)(F)F)NC1(C(=O)O)CCCC1. The van der Waals surface area contributed by atoms with Crippen molar-refractivity contribution in [3.63, 3.8) is 0 Å². The van der Waals surface area contributed by atoms with Crippen LogP contribution in [0.2, 0.25) is 0 Å². The van der Waals surface area contributed by atoms with Crippen molar-refractivity contribution in [2.75, 3.05) is 19.8 Å². The van der Waals surface area contributed by atoms with Crippen molar-refractivity contribution >= 4 is 12.0 Å². The highest BCUT2D eigenvalue weighted by Gasteiger charge is 2.42. The van der Waals surface area contributed by atoms with Gasteiger partial charge < -0.3 is 20.5 Å². The third-order valence-electron chi connectivity index (χ3n) is 3.02. The molecule has 0 heterocycles. The lowest BCUT2D eigenvalue weighted by Crippen LogP contribution is -2.55. The predicted molar refractivity (Wildman–Crippen MR) is 62.2 cm³/mol. The second-order valence-corrected chi connectivity index (χ2v) is 4.64. The summed E-state index contributed by atoms with van der Waals surface area (Å²) in [6, 6.07) is -0.718. The first-order chi connectivity index (χ1) is 9.25. The van der Waals surface area contributed by atoms with Crippen LogP contribution in [-0.4, -0.2) is 48.6 Å². The molecule has 3 N–H and O–H groups in total. The molecule has 0 spiro atoms. The Morgan fingerprint density at radius 1 is 1.25 bits per heavy atom. The van der Waals surface area contributed by atoms with E-state index in [9.17, 15) is 22.8 Å². The number of carboxylic acids is 1. The van der Waals surface area contributed by atoms with Crippen molar-refractivity contribution in [3.8, 4) is 0 Å². The molecule has 6 nitrogen and oxygen atoms in total. The Bertz CT molecular complexity index is 354. The van der Waals surface area contributed by atoms with Gasteiger partial charge in [0.1, 0.15) is 12.1 Å². The number of ether oxygens (including phenoxy) is 1. The summed E-state index contributed by atoms with van der Waals surface area (Å²) in [5, 5.41) is 13.8. The molecule has 0 aliphatic heterocycles. The van der Waals surface area contributed by atoms with Gasteiger partial charge in [0.15, 0.2) is 0 Å². The average Bonchev–Trinajstić information content (AvgIpc) is 2.76. The van der Waals surface area contributed by atoms with Crippen molar-refractivity contribution in [2.24, 2.45) is 0 Å². The Balaban J connectivity index is 2.24. The second-order valence-electron chi connectivity index (χ2n) is 4.64. The van der Waals surface area contributed by atoms with Gasteiger partial charge in [-0.15, -0.1) is 0 Å². The van der Waals surface area contributed by atoms with E-state index in [-0.39, 0.29) is 13.2 Å². The van der Waals surface area contributed by atoms with E-state index < -0.39 is 30.3 Å². The number of hydrogen-bond donors (Lipinski definition) is 3. The highest BCUT2D eigenvalue weighted by Crippen LogP contribution is 2.29. The largest absolute Gasteiger partial charge is 0.480 e. The minimum absolute atomic E-state index is 0.127. The van der Waals surface area contributed by atoms with Gasteiger partial charge in [-0.05, 0) is 12.8 Å². The van der Waals surface area contributed by atoms with Crippen LogP contribution in [0.15, 0.2) is 0 Å². The highest BCUT2D eigenvalue weighted by molar-refractivity contribution is 5.86. The van der Waals surface area contributed by atoms with Crippen molar-refractivity contribution in [1.29, 1.82) is 0 Å². The first-order valence-corrected chi connectivity index (χ1v) is 6.19. The molecule has 0 aromatic carbocycles. The molecule has 0 aromatic heterocycles. The van der Waals surface area contributed by atoms with Crippen LogP contribution in [0.4, 0.5) is 18.0 Å². The quantitative estimate of drug-likeness (QED) is 0.644. The second kappa shape index (κ2) is 6.78. The minimum atomic E-state index is -4.40. The third kappa shape index (κ3) is 5.24. The van der Waals surface area contributed by atoms with Crippen LogP contribution in [0, 0.1) is 0 Å². The molecule has 20 heavy (non-hydrogen) atoms. The molecule has 0 radical (unpaired) electrons. The standard InChI is InChI=1S/C11H17F3N2O4/c12-11(13,14)7-20-6-5-15-9(19)16-10(8(17)18)3-1-2-4-10/h1-7H2,(H,17,18)(H2,15,16,19). The van der Waals surface area contributed by atoms with Crippen LogP contribution in [-0.2, 0) is 9.53 Å². The van der Waals surface area contributed by atoms with Crippen molar-refractivity contribution in [3.05, 3.63) is 0 Å². The number of carbonyl (C=O) groups is 2. The first-order valence-electron chi connectivity index (χ1n) is 6.19. The summed E-state index contributed by atoms with van der Waals surface area (Å²) in [6.07, 6.45) is -2.29. The van der Waals surface area contributed by atoms with Crippen LogP contribution >= 0.6 is 0 Å². The van der Waals surface area contributed by atoms with E-state index >= 15 is 0 Å². The maximum Gasteiger partial charge on any atom is 0.411 e. The molecular weight excluding hydrogens is 281 g/mol. The molecule has 0 aromatic rings. The monoisotopic (exact) mass is 298 g/mol. The Kier molecular flexibility index (Phi) is 5.61. The number of alkyl halides is 3. The van der Waals surface area contributed by atoms with Crippen LogP contribution in [0.3, 0.4) is 0 Å². The number of carbonyl (C=O) groups excluding carboxylic acids is 1. The minimum Gasteiger partial charge on any atom is -0.480 e. The zero-order valence-corrected chi connectivity index (χ0v) is 10.8. The van der Waals surface area contributed by atoms with Gasteiger partial charge in [0.05, 0.1) is 6.61 Å². The first kappa shape index (κ1) is 16.5. The van der Waals surface area contributed by atoms with Gasteiger partial charge in [-0.3, -0.25) is 0 Å². The molecule has 9 heteroatoms. The maximum atomic E-state index is 11.8. The molecule has 1 aliphatic rings. The van der Waals surface area contributed by atoms with Gasteiger partial charge in [-0.25, -0.2) is 9.59 Å². The zero-order chi connectivity index (χ0) is 15.2. The van der Waals surface area contributed by atoms with Gasteiger partial charge in [0.2, 0.25) is 0 Å². The van der Waals surface area contributed by atoms with Crippen LogP contribution in [0.1, 0.15) is 25.7 Å². The Morgan fingerprint density at radius 3 is 2.35 bits per heavy atom. The third-order valence-corrected chi connectivity index (χ3v) is 3.02. The highest BCUT2D eigenvalue weighted by atomic mass is 19.4. The van der Waals surface area contributed by atoms with E-state index in [1.54, 1.807) is 0 Å². The fourth-order valence-corrected chi connectivity index (χ4v) is 2.06. The molecule has 0 saturated heterocycles. The van der Waals surface area contributed by atoms with Gasteiger partial charge in [-0.2, -0.15) is 13.2 Å². The number of aliphatic carboxylic acids is 1. The molecule has 116 valence electrons. The van der Waals surface area contributed by atoms with Gasteiger partial charge in [-0.1, -0.05) is 12.8 Å². The number of halogens is 3. The summed E-state index contributed by atoms with van der Waals surface area (Å²) in [4.78, 5) is 22.7. The zero-order valence-electron chi connectivity index (χ0n) is 10.8. The number of urea groups is 1. The lowest BCUT2D eigenvalue weighted by Gasteiger charge is -2.25. The van der Waals surface area contributed by atoms with Crippen LogP contribution in [0.5, 0.6) is 0 Å². The summed E-state index contributed by atoms with van der Waals surface area (Å²) < 4.78 is 39.6. The maximum absolute atomic E-state index is 11.8. The summed E-state index contributed by atoms with van der Waals surface area (Å²) in [6.45, 7) is -1.81. The summed E-state index contributed by atoms with van der Waals surface area (Å²) in [7, 11) is 0. The number of rotatable bonds is 6. The normalized spacial score (nSPS) is 17.8. The van der Waals surface area contributed by atoms with E-state index in [1.165, 1.54) is 0 Å². The van der Waals surface area contributed by atoms with Crippen molar-refractivity contribution in [1.82, 2.24) is 10.6 Å². The predicted octanol–water partition coefficient (Wildman–Crippen LogP) is 1.26. The van der Waals surface area contributed by atoms with Gasteiger partial charge >= 0.3 is 18.2 Å². The summed E-state index contributed by atoms with van der Waals surface area (Å²) in [5.74, 6) is -1.10. The van der Waals surface area contributed by atoms with E-state index in [1.807, 2.05) is 0 Å². The molecule has 1 saturated carbocycles. The van der Waals surface area contributed by atoms with E-state index in [4.69, 9.17) is 5.11 Å². The van der Waals surface area contributed by atoms with Crippen molar-refractivity contribution < 1.29 is 32.6 Å². The Hall–Kier alpha value is -1.51. The topological polar surface area (TPSA) is 87.7 Å². The van der Waals surface area contributed by atoms with Gasteiger partial charge in [0, 0.05) is 6.54 Å². The number of amides is 2. The summed E-state index contributed by atoms with van der Waals surface area (Å²) in [5.41, 5.74) is -1.27. The van der Waals surface area contributed by atoms with Crippen LogP contribution < -0.4 is 10.6 Å². The average molecular weight is 298 g/mol. The molecule has 1 fully saturated rings. The molecule has 0 unspecified atom stereocenters. The fraction of sp³-hybridized carbons (Fsp3) is 0.818. The lowest BCUT2D eigenvalue weighted by molar-refractivity contribution is -0.173. The lowest BCUT2D eigenvalue weighted by atomic mass is 9.98. The molecule has 2 amide bonds. The fourth-order valence-electron chi connectivity index (χ4n) is 2.06. The van der Waals surface area contributed by atoms with Gasteiger partial charge in [0.25, 0.3) is 0 Å². The molecule has 0 bridgehead atoms. The summed E-state index contributed by atoms with van der Waals surface area (Å²) >= 11 is 0. The Labute approximate surface area is 113 Å². The molecular formula is C11H17F3N2O4. The van der Waals surface area contributed by atoms with E-state index in [0.717, 1.165) is 0 Å². The number of carboxylic acid groups (broad SMARTS) is 1. The van der Waals surface area contributed by atoms with Crippen LogP contribution in [0.25, 0.3) is 0 Å². The molecule has 0 atom stereocenters. The van der Waals surface area contributed by atoms with E-state index in [2.05, 4.69) is 15.4 Å². The number of nitrogens with one attached hydrogen (secondary N) is 2.